The highest BCUT2D eigenvalue weighted by Gasteiger charge is 2.18. The first-order chi connectivity index (χ1) is 11.9. The Morgan fingerprint density at radius 2 is 1.80 bits per heavy atom. The molecule has 0 aliphatic rings. The Balaban J connectivity index is 2.00. The molecule has 1 N–H and O–H groups in total. The van der Waals surface area contributed by atoms with E-state index in [1.807, 2.05) is 38.1 Å². The summed E-state index contributed by atoms with van der Waals surface area (Å²) in [7, 11) is 0. The van der Waals surface area contributed by atoms with Crippen molar-refractivity contribution >= 4 is 11.6 Å². The number of carbonyl (C=O) groups is 1. The second kappa shape index (κ2) is 8.28. The number of rotatable bonds is 7. The van der Waals surface area contributed by atoms with Gasteiger partial charge in [0.2, 0.25) is 0 Å². The Hall–Kier alpha value is -2.89. The highest BCUT2D eigenvalue weighted by molar-refractivity contribution is 5.78. The van der Waals surface area contributed by atoms with E-state index < -0.39 is 4.92 Å². The van der Waals surface area contributed by atoms with Crippen LogP contribution in [0.25, 0.3) is 0 Å². The van der Waals surface area contributed by atoms with Crippen molar-refractivity contribution in [2.45, 2.75) is 33.2 Å². The first-order valence-electron chi connectivity index (χ1n) is 8.14. The fourth-order valence-corrected chi connectivity index (χ4v) is 2.49. The minimum atomic E-state index is -0.513. The summed E-state index contributed by atoms with van der Waals surface area (Å²) in [5.74, 6) is -0.226. The number of aryl methyl sites for hydroxylation is 2. The van der Waals surface area contributed by atoms with Crippen molar-refractivity contribution in [1.82, 2.24) is 5.32 Å². The molecule has 0 spiro atoms. The van der Waals surface area contributed by atoms with Gasteiger partial charge in [0.05, 0.1) is 11.0 Å². The number of carbonyl (C=O) groups excluding carboxylic acids is 1. The SMILES string of the molecule is CC[C@H](NC(=O)COc1ccc(C)cc1[N+](=O)[O-])c1ccc(C)cc1. The first-order valence-corrected chi connectivity index (χ1v) is 8.14. The molecule has 2 aromatic rings. The molecule has 0 saturated carbocycles. The summed E-state index contributed by atoms with van der Waals surface area (Å²) in [4.78, 5) is 22.7. The average Bonchev–Trinajstić information content (AvgIpc) is 2.59. The lowest BCUT2D eigenvalue weighted by Crippen LogP contribution is -2.32. The van der Waals surface area contributed by atoms with Crippen molar-refractivity contribution in [1.29, 1.82) is 0 Å². The van der Waals surface area contributed by atoms with Gasteiger partial charge in [0.15, 0.2) is 12.4 Å². The fraction of sp³-hybridized carbons (Fsp3) is 0.316. The van der Waals surface area contributed by atoms with Gasteiger partial charge in [-0.2, -0.15) is 0 Å². The van der Waals surface area contributed by atoms with Crippen LogP contribution < -0.4 is 10.1 Å². The van der Waals surface area contributed by atoms with E-state index in [-0.39, 0.29) is 30.0 Å². The van der Waals surface area contributed by atoms with Gasteiger partial charge < -0.3 is 10.1 Å². The first kappa shape index (κ1) is 18.4. The highest BCUT2D eigenvalue weighted by atomic mass is 16.6. The predicted octanol–water partition coefficient (Wildman–Crippen LogP) is 3.86. The van der Waals surface area contributed by atoms with E-state index in [9.17, 15) is 14.9 Å². The van der Waals surface area contributed by atoms with E-state index in [0.717, 1.165) is 23.1 Å². The lowest BCUT2D eigenvalue weighted by molar-refractivity contribution is -0.385. The normalized spacial score (nSPS) is 11.6. The number of ether oxygens (including phenoxy) is 1. The van der Waals surface area contributed by atoms with Gasteiger partial charge in [-0.15, -0.1) is 0 Å². The molecule has 2 aromatic carbocycles. The van der Waals surface area contributed by atoms with Crippen LogP contribution in [0.4, 0.5) is 5.69 Å². The Kier molecular flexibility index (Phi) is 6.11. The number of amides is 1. The molecular formula is C19H22N2O4. The molecule has 6 nitrogen and oxygen atoms in total. The molecule has 1 atom stereocenters. The molecule has 0 bridgehead atoms. The van der Waals surface area contributed by atoms with E-state index in [1.54, 1.807) is 13.0 Å². The molecule has 25 heavy (non-hydrogen) atoms. The van der Waals surface area contributed by atoms with Crippen LogP contribution in [0.1, 0.15) is 36.1 Å². The molecule has 0 radical (unpaired) electrons. The zero-order valence-corrected chi connectivity index (χ0v) is 14.6. The highest BCUT2D eigenvalue weighted by Crippen LogP contribution is 2.27. The summed E-state index contributed by atoms with van der Waals surface area (Å²) in [5, 5.41) is 14.0. The van der Waals surface area contributed by atoms with Gasteiger partial charge >= 0.3 is 5.69 Å². The fourth-order valence-electron chi connectivity index (χ4n) is 2.49. The van der Waals surface area contributed by atoms with Crippen molar-refractivity contribution < 1.29 is 14.5 Å². The zero-order valence-electron chi connectivity index (χ0n) is 14.6. The van der Waals surface area contributed by atoms with Crippen LogP contribution in [0.2, 0.25) is 0 Å². The quantitative estimate of drug-likeness (QED) is 0.612. The number of nitrogens with one attached hydrogen (secondary N) is 1. The maximum absolute atomic E-state index is 12.2. The van der Waals surface area contributed by atoms with Gasteiger partial charge in [0, 0.05) is 6.07 Å². The molecule has 132 valence electrons. The van der Waals surface area contributed by atoms with Crippen LogP contribution in [-0.2, 0) is 4.79 Å². The number of nitrogens with zero attached hydrogens (tertiary/aromatic N) is 1. The molecule has 0 aliphatic carbocycles. The van der Waals surface area contributed by atoms with Gasteiger partial charge in [0.25, 0.3) is 5.91 Å². The number of nitro benzene ring substituents is 1. The zero-order chi connectivity index (χ0) is 18.4. The second-order valence-electron chi connectivity index (χ2n) is 5.96. The Labute approximate surface area is 147 Å². The molecular weight excluding hydrogens is 320 g/mol. The minimum Gasteiger partial charge on any atom is -0.477 e. The lowest BCUT2D eigenvalue weighted by Gasteiger charge is -2.18. The molecule has 0 saturated heterocycles. The molecule has 2 rings (SSSR count). The molecule has 0 heterocycles. The molecule has 0 fully saturated rings. The van der Waals surface area contributed by atoms with E-state index in [4.69, 9.17) is 4.74 Å². The average molecular weight is 342 g/mol. The van der Waals surface area contributed by atoms with Gasteiger partial charge in [-0.25, -0.2) is 0 Å². The van der Waals surface area contributed by atoms with Crippen molar-refractivity contribution in [3.05, 3.63) is 69.3 Å². The van der Waals surface area contributed by atoms with Crippen molar-refractivity contribution in [3.63, 3.8) is 0 Å². The third-order valence-electron chi connectivity index (χ3n) is 3.89. The lowest BCUT2D eigenvalue weighted by atomic mass is 10.0. The van der Waals surface area contributed by atoms with E-state index in [2.05, 4.69) is 5.32 Å². The maximum Gasteiger partial charge on any atom is 0.311 e. The Morgan fingerprint density at radius 3 is 2.40 bits per heavy atom. The standard InChI is InChI=1S/C19H22N2O4/c1-4-16(15-8-5-13(2)6-9-15)20-19(22)12-25-18-10-7-14(3)11-17(18)21(23)24/h5-11,16H,4,12H2,1-3H3,(H,20,22)/t16-/m0/s1. The Morgan fingerprint density at radius 1 is 1.16 bits per heavy atom. The molecule has 0 unspecified atom stereocenters. The summed E-state index contributed by atoms with van der Waals surface area (Å²) in [6.07, 6.45) is 0.736. The number of hydrogen-bond donors (Lipinski definition) is 1. The topological polar surface area (TPSA) is 81.5 Å². The maximum atomic E-state index is 12.2. The number of benzene rings is 2. The Bertz CT molecular complexity index is 757. The van der Waals surface area contributed by atoms with Crippen molar-refractivity contribution in [2.75, 3.05) is 6.61 Å². The van der Waals surface area contributed by atoms with Crippen LogP contribution in [0.5, 0.6) is 5.75 Å². The molecule has 6 heteroatoms. The van der Waals surface area contributed by atoms with Crippen LogP contribution in [-0.4, -0.2) is 17.4 Å². The van der Waals surface area contributed by atoms with E-state index in [0.29, 0.717) is 0 Å². The predicted molar refractivity (Wildman–Crippen MR) is 95.7 cm³/mol. The van der Waals surface area contributed by atoms with Crippen LogP contribution in [0.15, 0.2) is 42.5 Å². The monoisotopic (exact) mass is 342 g/mol. The van der Waals surface area contributed by atoms with Crippen LogP contribution in [0.3, 0.4) is 0 Å². The number of hydrogen-bond acceptors (Lipinski definition) is 4. The summed E-state index contributed by atoms with van der Waals surface area (Å²) in [6, 6.07) is 12.5. The largest absolute Gasteiger partial charge is 0.477 e. The van der Waals surface area contributed by atoms with Gasteiger partial charge in [0.1, 0.15) is 0 Å². The molecule has 1 amide bonds. The summed E-state index contributed by atoms with van der Waals surface area (Å²) >= 11 is 0. The van der Waals surface area contributed by atoms with Gasteiger partial charge in [-0.1, -0.05) is 42.8 Å². The van der Waals surface area contributed by atoms with Crippen LogP contribution in [0, 0.1) is 24.0 Å². The summed E-state index contributed by atoms with van der Waals surface area (Å²) in [5.41, 5.74) is 2.79. The van der Waals surface area contributed by atoms with Crippen LogP contribution >= 0.6 is 0 Å². The second-order valence-corrected chi connectivity index (χ2v) is 5.96. The van der Waals surface area contributed by atoms with Gasteiger partial charge in [-0.05, 0) is 37.5 Å². The van der Waals surface area contributed by atoms with E-state index in [1.165, 1.54) is 12.1 Å². The van der Waals surface area contributed by atoms with Gasteiger partial charge in [-0.3, -0.25) is 14.9 Å². The summed E-state index contributed by atoms with van der Waals surface area (Å²) in [6.45, 7) is 5.48. The molecule has 0 aliphatic heterocycles. The smallest absolute Gasteiger partial charge is 0.311 e. The van der Waals surface area contributed by atoms with Crippen molar-refractivity contribution in [3.8, 4) is 5.75 Å². The third-order valence-corrected chi connectivity index (χ3v) is 3.89. The molecule has 0 aromatic heterocycles. The van der Waals surface area contributed by atoms with Crippen molar-refractivity contribution in [2.24, 2.45) is 0 Å². The third kappa shape index (κ3) is 5.04. The van der Waals surface area contributed by atoms with E-state index >= 15 is 0 Å². The minimum absolute atomic E-state index is 0.0918. The summed E-state index contributed by atoms with van der Waals surface area (Å²) < 4.78 is 5.36. The number of nitro groups is 1.